The quantitative estimate of drug-likeness (QED) is 0.800. The molecule has 0 saturated carbocycles. The zero-order valence-corrected chi connectivity index (χ0v) is 14.0. The molecule has 128 valence electrons. The van der Waals surface area contributed by atoms with Crippen LogP contribution in [0.5, 0.6) is 0 Å². The third-order valence-corrected chi connectivity index (χ3v) is 5.30. The van der Waals surface area contributed by atoms with Crippen LogP contribution in [0.1, 0.15) is 18.7 Å². The van der Waals surface area contributed by atoms with Gasteiger partial charge in [0.1, 0.15) is 5.69 Å². The Morgan fingerprint density at radius 3 is 2.56 bits per heavy atom. The molecule has 1 N–H and O–H groups in total. The number of nitrogens with zero attached hydrogens (tertiary/aromatic N) is 4. The van der Waals surface area contributed by atoms with E-state index in [4.69, 9.17) is 0 Å². The Kier molecular flexibility index (Phi) is 3.61. The van der Waals surface area contributed by atoms with E-state index in [1.165, 1.54) is 11.3 Å². The Bertz CT molecular complexity index is 864. The van der Waals surface area contributed by atoms with E-state index in [1.54, 1.807) is 0 Å². The van der Waals surface area contributed by atoms with Gasteiger partial charge in [0.2, 0.25) is 0 Å². The molecule has 2 aliphatic heterocycles. The molecule has 0 aliphatic carbocycles. The molecule has 5 nitrogen and oxygen atoms in total. The monoisotopic (exact) mass is 333 g/mol. The summed E-state index contributed by atoms with van der Waals surface area (Å²) in [6.07, 6.45) is 0. The molecule has 5 rings (SSSR count). The van der Waals surface area contributed by atoms with Crippen molar-refractivity contribution in [3.05, 3.63) is 71.9 Å². The zero-order valence-electron chi connectivity index (χ0n) is 14.0. The molecular weight excluding hydrogens is 310 g/mol. The van der Waals surface area contributed by atoms with E-state index in [0.717, 1.165) is 37.4 Å². The summed E-state index contributed by atoms with van der Waals surface area (Å²) < 4.78 is 2.16. The first-order valence-electron chi connectivity index (χ1n) is 8.87. The first-order chi connectivity index (χ1) is 12.4. The molecule has 5 heteroatoms. The highest BCUT2D eigenvalue weighted by Crippen LogP contribution is 2.31. The van der Waals surface area contributed by atoms with Crippen molar-refractivity contribution in [2.24, 2.45) is 0 Å². The van der Waals surface area contributed by atoms with Crippen molar-refractivity contribution >= 4 is 0 Å². The predicted octanol–water partition coefficient (Wildman–Crippen LogP) is 2.72. The molecule has 2 atom stereocenters. The van der Waals surface area contributed by atoms with E-state index >= 15 is 0 Å². The maximum absolute atomic E-state index is 4.52. The third-order valence-electron chi connectivity index (χ3n) is 5.30. The minimum atomic E-state index is 0. The van der Waals surface area contributed by atoms with E-state index in [9.17, 15) is 0 Å². The average molecular weight is 333 g/mol. The topological polar surface area (TPSA) is 46.0 Å². The highest BCUT2D eigenvalue weighted by Gasteiger charge is 2.39. The van der Waals surface area contributed by atoms with E-state index in [1.807, 2.05) is 6.07 Å². The number of likely N-dealkylation sites (tertiary alicyclic amines) is 1. The second-order valence-corrected chi connectivity index (χ2v) is 6.93. The number of fused-ring (bicyclic) bond motifs is 3. The molecule has 0 unspecified atom stereocenters. The van der Waals surface area contributed by atoms with Crippen LogP contribution in [0, 0.1) is 0 Å². The molecule has 0 bridgehead atoms. The first kappa shape index (κ1) is 14.8. The van der Waals surface area contributed by atoms with Crippen molar-refractivity contribution in [1.82, 2.24) is 25.2 Å². The normalized spacial score (nSPS) is 22.6. The smallest absolute Gasteiger partial charge is 0.117 e. The lowest BCUT2D eigenvalue weighted by Gasteiger charge is -2.27. The highest BCUT2D eigenvalue weighted by molar-refractivity contribution is 5.61. The Morgan fingerprint density at radius 1 is 1.00 bits per heavy atom. The van der Waals surface area contributed by atoms with Crippen molar-refractivity contribution in [2.45, 2.75) is 25.2 Å². The van der Waals surface area contributed by atoms with Gasteiger partial charge in [-0.15, -0.1) is 5.10 Å². The lowest BCUT2D eigenvalue weighted by Crippen LogP contribution is -2.42. The summed E-state index contributed by atoms with van der Waals surface area (Å²) in [5.41, 5.74) is 4.72. The van der Waals surface area contributed by atoms with Crippen molar-refractivity contribution in [3.8, 4) is 11.3 Å². The van der Waals surface area contributed by atoms with Crippen molar-refractivity contribution in [2.75, 3.05) is 13.1 Å². The minimum absolute atomic E-state index is 0. The van der Waals surface area contributed by atoms with Gasteiger partial charge in [0.15, 0.2) is 0 Å². The number of hydrogen-bond donors (Lipinski definition) is 1. The molecule has 3 aromatic rings. The maximum Gasteiger partial charge on any atom is 0.117 e. The van der Waals surface area contributed by atoms with Crippen LogP contribution < -0.4 is 5.32 Å². The molecule has 1 fully saturated rings. The Morgan fingerprint density at radius 2 is 1.76 bits per heavy atom. The van der Waals surface area contributed by atoms with Gasteiger partial charge < -0.3 is 5.32 Å². The predicted molar refractivity (Wildman–Crippen MR) is 99.0 cm³/mol. The van der Waals surface area contributed by atoms with Crippen LogP contribution in [-0.4, -0.2) is 39.0 Å². The number of aromatic nitrogens is 3. The van der Waals surface area contributed by atoms with Crippen molar-refractivity contribution < 1.29 is 1.43 Å². The summed E-state index contributed by atoms with van der Waals surface area (Å²) in [4.78, 5) is 2.51. The second-order valence-electron chi connectivity index (χ2n) is 6.93. The van der Waals surface area contributed by atoms with E-state index < -0.39 is 0 Å². The standard InChI is InChI=1S/C20H21N5.H2/c1-3-7-15(8-4-1)12-24-13-17-19(14-24)25-18(11-21-17)20(22-23-25)16-9-5-2-6-10-16;/h1-10,17,19,21H,11-14H2;1H/t17-,19-;/m1./s1. The third kappa shape index (κ3) is 2.65. The Labute approximate surface area is 148 Å². The summed E-state index contributed by atoms with van der Waals surface area (Å²) in [7, 11) is 0. The van der Waals surface area contributed by atoms with Gasteiger partial charge in [-0.05, 0) is 5.56 Å². The molecule has 0 radical (unpaired) electrons. The summed E-state index contributed by atoms with van der Waals surface area (Å²) in [5.74, 6) is 0. The van der Waals surface area contributed by atoms with Crippen LogP contribution in [0.25, 0.3) is 11.3 Å². The molecule has 0 amide bonds. The average Bonchev–Trinajstić information content (AvgIpc) is 3.26. The molecule has 25 heavy (non-hydrogen) atoms. The van der Waals surface area contributed by atoms with Gasteiger partial charge in [-0.3, -0.25) is 4.90 Å². The number of benzene rings is 2. The van der Waals surface area contributed by atoms with Gasteiger partial charge in [0.05, 0.1) is 11.7 Å². The van der Waals surface area contributed by atoms with Gasteiger partial charge in [0, 0.05) is 39.2 Å². The van der Waals surface area contributed by atoms with Crippen LogP contribution in [0.15, 0.2) is 60.7 Å². The molecule has 3 heterocycles. The number of nitrogens with one attached hydrogen (secondary N) is 1. The lowest BCUT2D eigenvalue weighted by molar-refractivity contribution is 0.307. The Balaban J connectivity index is 0.00000168. The second kappa shape index (κ2) is 6.10. The fraction of sp³-hybridized carbons (Fsp3) is 0.300. The zero-order chi connectivity index (χ0) is 16.6. The summed E-state index contributed by atoms with van der Waals surface area (Å²) in [5, 5.41) is 12.7. The fourth-order valence-electron chi connectivity index (χ4n) is 4.08. The SMILES string of the molecule is [HH].c1ccc(CN2C[C@@H]3[C@@H](C2)NCc2c(-c4ccccc4)nnn23)cc1. The van der Waals surface area contributed by atoms with Crippen molar-refractivity contribution in [3.63, 3.8) is 0 Å². The summed E-state index contributed by atoms with van der Waals surface area (Å²) in [6, 6.07) is 21.8. The molecule has 2 aromatic carbocycles. The highest BCUT2D eigenvalue weighted by atomic mass is 15.5. The van der Waals surface area contributed by atoms with Crippen LogP contribution in [-0.2, 0) is 13.1 Å². The van der Waals surface area contributed by atoms with Gasteiger partial charge in [-0.1, -0.05) is 65.9 Å². The number of rotatable bonds is 3. The van der Waals surface area contributed by atoms with E-state index in [2.05, 4.69) is 79.8 Å². The van der Waals surface area contributed by atoms with Gasteiger partial charge in [-0.25, -0.2) is 4.68 Å². The maximum atomic E-state index is 4.52. The molecule has 1 saturated heterocycles. The summed E-state index contributed by atoms with van der Waals surface area (Å²) >= 11 is 0. The molecule has 0 spiro atoms. The largest absolute Gasteiger partial charge is 0.305 e. The molecule has 1 aromatic heterocycles. The van der Waals surface area contributed by atoms with E-state index in [0.29, 0.717) is 12.1 Å². The van der Waals surface area contributed by atoms with Gasteiger partial charge in [0.25, 0.3) is 0 Å². The van der Waals surface area contributed by atoms with Crippen LogP contribution >= 0.6 is 0 Å². The van der Waals surface area contributed by atoms with Crippen molar-refractivity contribution in [1.29, 1.82) is 0 Å². The summed E-state index contributed by atoms with van der Waals surface area (Å²) in [6.45, 7) is 3.89. The van der Waals surface area contributed by atoms with Crippen LogP contribution in [0.2, 0.25) is 0 Å². The van der Waals surface area contributed by atoms with E-state index in [-0.39, 0.29) is 1.43 Å². The van der Waals surface area contributed by atoms with Crippen LogP contribution in [0.3, 0.4) is 0 Å². The van der Waals surface area contributed by atoms with Crippen LogP contribution in [0.4, 0.5) is 0 Å². The molecular formula is C20H23N5. The first-order valence-corrected chi connectivity index (χ1v) is 8.87. The minimum Gasteiger partial charge on any atom is -0.305 e. The molecule has 2 aliphatic rings. The van der Waals surface area contributed by atoms with Gasteiger partial charge in [-0.2, -0.15) is 0 Å². The Hall–Kier alpha value is -2.50. The van der Waals surface area contributed by atoms with Gasteiger partial charge >= 0.3 is 0 Å². The number of hydrogen-bond acceptors (Lipinski definition) is 4. The lowest BCUT2D eigenvalue weighted by atomic mass is 10.1. The fourth-order valence-corrected chi connectivity index (χ4v) is 4.08.